The summed E-state index contributed by atoms with van der Waals surface area (Å²) in [6, 6.07) is 6.91. The molecular formula is C20H22N4O4. The molecule has 1 saturated heterocycles. The van der Waals surface area contributed by atoms with Crippen LogP contribution in [0.4, 0.5) is 4.79 Å². The van der Waals surface area contributed by atoms with Crippen LogP contribution in [0.5, 0.6) is 0 Å². The third-order valence-corrected chi connectivity index (χ3v) is 4.92. The molecule has 0 spiro atoms. The molecule has 28 heavy (non-hydrogen) atoms. The van der Waals surface area contributed by atoms with Gasteiger partial charge in [0.05, 0.1) is 6.04 Å². The lowest BCUT2D eigenvalue weighted by atomic mass is 9.90. The van der Waals surface area contributed by atoms with E-state index in [0.717, 1.165) is 0 Å². The Bertz CT molecular complexity index is 965. The van der Waals surface area contributed by atoms with Crippen molar-refractivity contribution in [3.63, 3.8) is 0 Å². The molecule has 0 radical (unpaired) electrons. The first kappa shape index (κ1) is 18.3. The normalized spacial score (nSPS) is 17.3. The van der Waals surface area contributed by atoms with Crippen LogP contribution in [0.25, 0.3) is 11.3 Å². The van der Waals surface area contributed by atoms with Gasteiger partial charge in [0.15, 0.2) is 5.69 Å². The molecule has 146 valence electrons. The summed E-state index contributed by atoms with van der Waals surface area (Å²) in [5.41, 5.74) is 1.04. The SMILES string of the molecule is CC(C)(C)OC(=O)N1CCC(n2nc3c(n2)-c2ccccc2C(=O)C3=O)CC1. The van der Waals surface area contributed by atoms with Gasteiger partial charge in [0.2, 0.25) is 5.78 Å². The predicted octanol–water partition coefficient (Wildman–Crippen LogP) is 2.90. The van der Waals surface area contributed by atoms with Crippen LogP contribution in [-0.4, -0.2) is 56.2 Å². The van der Waals surface area contributed by atoms with Crippen molar-refractivity contribution in [2.24, 2.45) is 0 Å². The minimum atomic E-state index is -0.619. The molecule has 0 unspecified atom stereocenters. The van der Waals surface area contributed by atoms with E-state index < -0.39 is 17.2 Å². The molecule has 1 aliphatic heterocycles. The summed E-state index contributed by atoms with van der Waals surface area (Å²) in [6.07, 6.45) is 0.973. The molecule has 1 aliphatic carbocycles. The summed E-state index contributed by atoms with van der Waals surface area (Å²) in [5, 5.41) is 8.86. The number of piperidine rings is 1. The third-order valence-electron chi connectivity index (χ3n) is 4.92. The maximum atomic E-state index is 12.4. The minimum absolute atomic E-state index is 0.0423. The Kier molecular flexibility index (Phi) is 4.28. The molecular weight excluding hydrogens is 360 g/mol. The zero-order chi connectivity index (χ0) is 20.1. The number of fused-ring (bicyclic) bond motifs is 3. The molecule has 1 fully saturated rings. The Morgan fingerprint density at radius 2 is 1.61 bits per heavy atom. The summed E-state index contributed by atoms with van der Waals surface area (Å²) >= 11 is 0. The average Bonchev–Trinajstić information content (AvgIpc) is 3.11. The van der Waals surface area contributed by atoms with E-state index in [4.69, 9.17) is 4.74 Å². The first-order chi connectivity index (χ1) is 13.2. The van der Waals surface area contributed by atoms with Crippen molar-refractivity contribution in [3.05, 3.63) is 35.5 Å². The van der Waals surface area contributed by atoms with Crippen molar-refractivity contribution in [1.29, 1.82) is 0 Å². The molecule has 2 heterocycles. The van der Waals surface area contributed by atoms with Crippen molar-refractivity contribution in [2.75, 3.05) is 13.1 Å². The van der Waals surface area contributed by atoms with Gasteiger partial charge in [0.25, 0.3) is 5.78 Å². The fraction of sp³-hybridized carbons (Fsp3) is 0.450. The number of carbonyl (C=O) groups is 3. The Labute approximate surface area is 162 Å². The number of nitrogens with zero attached hydrogens (tertiary/aromatic N) is 4. The lowest BCUT2D eigenvalue weighted by molar-refractivity contribution is 0.0180. The number of carbonyl (C=O) groups excluding carboxylic acids is 3. The fourth-order valence-corrected chi connectivity index (χ4v) is 3.54. The number of likely N-dealkylation sites (tertiary alicyclic amines) is 1. The van der Waals surface area contributed by atoms with E-state index in [1.54, 1.807) is 23.1 Å². The van der Waals surface area contributed by atoms with Crippen LogP contribution < -0.4 is 0 Å². The molecule has 0 atom stereocenters. The van der Waals surface area contributed by atoms with Crippen LogP contribution >= 0.6 is 0 Å². The highest BCUT2D eigenvalue weighted by Gasteiger charge is 2.36. The number of ether oxygens (including phenoxy) is 1. The van der Waals surface area contributed by atoms with Gasteiger partial charge in [0, 0.05) is 24.2 Å². The lowest BCUT2D eigenvalue weighted by Gasteiger charge is -2.32. The van der Waals surface area contributed by atoms with Gasteiger partial charge in [-0.1, -0.05) is 24.3 Å². The van der Waals surface area contributed by atoms with Crippen molar-refractivity contribution in [3.8, 4) is 11.3 Å². The van der Waals surface area contributed by atoms with Gasteiger partial charge in [-0.25, -0.2) is 4.79 Å². The van der Waals surface area contributed by atoms with Crippen LogP contribution in [0.15, 0.2) is 24.3 Å². The molecule has 0 N–H and O–H groups in total. The summed E-state index contributed by atoms with van der Waals surface area (Å²) in [6.45, 7) is 6.56. The van der Waals surface area contributed by atoms with E-state index in [-0.39, 0.29) is 17.8 Å². The van der Waals surface area contributed by atoms with Gasteiger partial charge in [-0.15, -0.1) is 5.10 Å². The summed E-state index contributed by atoms with van der Waals surface area (Å²) in [5.74, 6) is -1.17. The Morgan fingerprint density at radius 1 is 1.00 bits per heavy atom. The van der Waals surface area contributed by atoms with Crippen LogP contribution in [0, 0.1) is 0 Å². The van der Waals surface area contributed by atoms with E-state index in [0.29, 0.717) is 42.8 Å². The van der Waals surface area contributed by atoms with E-state index in [1.807, 2.05) is 26.8 Å². The molecule has 2 aromatic rings. The Balaban J connectivity index is 1.53. The molecule has 1 amide bonds. The fourth-order valence-electron chi connectivity index (χ4n) is 3.54. The molecule has 8 heteroatoms. The van der Waals surface area contributed by atoms with Crippen molar-refractivity contribution in [1.82, 2.24) is 19.9 Å². The summed E-state index contributed by atoms with van der Waals surface area (Å²) < 4.78 is 5.42. The van der Waals surface area contributed by atoms with E-state index in [1.165, 1.54) is 4.80 Å². The first-order valence-corrected chi connectivity index (χ1v) is 9.38. The Morgan fingerprint density at radius 3 is 2.25 bits per heavy atom. The largest absolute Gasteiger partial charge is 0.444 e. The van der Waals surface area contributed by atoms with Crippen LogP contribution in [-0.2, 0) is 4.74 Å². The van der Waals surface area contributed by atoms with Crippen LogP contribution in [0.1, 0.15) is 60.5 Å². The maximum absolute atomic E-state index is 12.4. The molecule has 1 aromatic carbocycles. The highest BCUT2D eigenvalue weighted by atomic mass is 16.6. The summed E-state index contributed by atoms with van der Waals surface area (Å²) in [7, 11) is 0. The van der Waals surface area contributed by atoms with Gasteiger partial charge < -0.3 is 9.64 Å². The van der Waals surface area contributed by atoms with Gasteiger partial charge in [-0.3, -0.25) is 9.59 Å². The van der Waals surface area contributed by atoms with E-state index >= 15 is 0 Å². The molecule has 4 rings (SSSR count). The van der Waals surface area contributed by atoms with E-state index in [2.05, 4.69) is 10.2 Å². The van der Waals surface area contributed by atoms with Gasteiger partial charge >= 0.3 is 6.09 Å². The van der Waals surface area contributed by atoms with Gasteiger partial charge in [-0.05, 0) is 33.6 Å². The molecule has 0 saturated carbocycles. The van der Waals surface area contributed by atoms with E-state index in [9.17, 15) is 14.4 Å². The average molecular weight is 382 g/mol. The number of benzene rings is 1. The minimum Gasteiger partial charge on any atom is -0.444 e. The molecule has 1 aromatic heterocycles. The summed E-state index contributed by atoms with van der Waals surface area (Å²) in [4.78, 5) is 40.2. The third kappa shape index (κ3) is 3.19. The standard InChI is InChI=1S/C20H22N4O4/c1-20(2,3)28-19(27)23-10-8-12(9-11-23)24-21-15-13-6-4-5-7-14(13)17(25)18(26)16(15)22-24/h4-7,12H,8-11H2,1-3H3. The van der Waals surface area contributed by atoms with Gasteiger partial charge in [0.1, 0.15) is 11.3 Å². The molecule has 2 aliphatic rings. The van der Waals surface area contributed by atoms with Crippen LogP contribution in [0.2, 0.25) is 0 Å². The molecule has 8 nitrogen and oxygen atoms in total. The smallest absolute Gasteiger partial charge is 0.410 e. The second kappa shape index (κ2) is 6.54. The van der Waals surface area contributed by atoms with Gasteiger partial charge in [-0.2, -0.15) is 9.90 Å². The second-order valence-corrected chi connectivity index (χ2v) is 8.12. The number of hydrogen-bond acceptors (Lipinski definition) is 6. The maximum Gasteiger partial charge on any atom is 0.410 e. The highest BCUT2D eigenvalue weighted by molar-refractivity contribution is 6.52. The highest BCUT2D eigenvalue weighted by Crippen LogP contribution is 2.32. The zero-order valence-corrected chi connectivity index (χ0v) is 16.1. The Hall–Kier alpha value is -3.03. The molecule has 0 bridgehead atoms. The number of amides is 1. The lowest BCUT2D eigenvalue weighted by Crippen LogP contribution is -2.42. The topological polar surface area (TPSA) is 94.4 Å². The number of aromatic nitrogens is 3. The van der Waals surface area contributed by atoms with Crippen molar-refractivity contribution in [2.45, 2.75) is 45.3 Å². The monoisotopic (exact) mass is 382 g/mol. The first-order valence-electron chi connectivity index (χ1n) is 9.38. The van der Waals surface area contributed by atoms with Crippen LogP contribution in [0.3, 0.4) is 0 Å². The second-order valence-electron chi connectivity index (χ2n) is 8.12. The number of hydrogen-bond donors (Lipinski definition) is 0. The number of rotatable bonds is 1. The van der Waals surface area contributed by atoms with Crippen molar-refractivity contribution < 1.29 is 19.1 Å². The predicted molar refractivity (Wildman–Crippen MR) is 100 cm³/mol. The quantitative estimate of drug-likeness (QED) is 0.704. The van der Waals surface area contributed by atoms with Crippen molar-refractivity contribution >= 4 is 17.7 Å². The zero-order valence-electron chi connectivity index (χ0n) is 16.1. The number of Topliss-reactive ketones (excluding diaryl/α,β-unsaturated/α-hetero) is 2. The number of ketones is 2.